The third-order valence-electron chi connectivity index (χ3n) is 6.52. The van der Waals surface area contributed by atoms with Gasteiger partial charge in [-0.3, -0.25) is 4.79 Å². The second-order valence-electron chi connectivity index (χ2n) is 9.45. The van der Waals surface area contributed by atoms with Crippen LogP contribution in [0.4, 0.5) is 23.2 Å². The minimum absolute atomic E-state index is 0. The Morgan fingerprint density at radius 1 is 0.864 bits per heavy atom. The molecule has 0 saturated heterocycles. The topological polar surface area (TPSA) is 149 Å². The van der Waals surface area contributed by atoms with Gasteiger partial charge in [-0.25, -0.2) is 22.8 Å². The van der Waals surface area contributed by atoms with Gasteiger partial charge in [0, 0.05) is 16.8 Å². The number of nitrogens with one attached hydrogen (secondary N) is 1. The van der Waals surface area contributed by atoms with Gasteiger partial charge in [0.25, 0.3) is 5.91 Å². The van der Waals surface area contributed by atoms with Crippen molar-refractivity contribution in [3.63, 3.8) is 0 Å². The molecule has 0 radical (unpaired) electrons. The first-order valence-corrected chi connectivity index (χ1v) is 15.4. The summed E-state index contributed by atoms with van der Waals surface area (Å²) >= 11 is 2.48. The molecule has 5 N–H and O–H groups in total. The molecule has 0 saturated carbocycles. The molecule has 226 valence electrons. The number of aromatic nitrogens is 2. The van der Waals surface area contributed by atoms with Crippen LogP contribution < -0.4 is 11.5 Å². The maximum Gasteiger partial charge on any atom is 0.417 e. The van der Waals surface area contributed by atoms with Crippen LogP contribution in [0, 0.1) is 12.7 Å². The van der Waals surface area contributed by atoms with Gasteiger partial charge in [-0.05, 0) is 79.2 Å². The van der Waals surface area contributed by atoms with Crippen molar-refractivity contribution in [3.8, 4) is 21.1 Å². The summed E-state index contributed by atoms with van der Waals surface area (Å²) in [5.41, 5.74) is 0.982. The molecule has 0 aliphatic heterocycles. The number of carbonyl (C=O) groups is 1. The van der Waals surface area contributed by atoms with Crippen molar-refractivity contribution in [1.29, 1.82) is 0 Å². The summed E-state index contributed by atoms with van der Waals surface area (Å²) in [5, 5.41) is 3.54. The second-order valence-corrected chi connectivity index (χ2v) is 12.8. The Morgan fingerprint density at radius 3 is 2.18 bits per heavy atom. The Kier molecular flexibility index (Phi) is 8.02. The number of alkyl halides is 3. The van der Waals surface area contributed by atoms with E-state index in [4.69, 9.17) is 0 Å². The quantitative estimate of drug-likeness (QED) is 0.141. The van der Waals surface area contributed by atoms with E-state index in [-0.39, 0.29) is 16.7 Å². The fraction of sp³-hybridized carbons (Fsp3) is 0.0690. The lowest BCUT2D eigenvalue weighted by Crippen LogP contribution is -2.19. The fourth-order valence-electron chi connectivity index (χ4n) is 4.53. The minimum atomic E-state index is -4.83. The summed E-state index contributed by atoms with van der Waals surface area (Å²) < 4.78 is 90.2. The van der Waals surface area contributed by atoms with E-state index in [0.29, 0.717) is 60.6 Å². The summed E-state index contributed by atoms with van der Waals surface area (Å²) in [7, 11) is -4.70. The van der Waals surface area contributed by atoms with Crippen molar-refractivity contribution >= 4 is 64.8 Å². The largest absolute Gasteiger partial charge is 0.744 e. The maximum absolute atomic E-state index is 13.6. The zero-order valence-corrected chi connectivity index (χ0v) is 25.1. The standard InChI is InChI=1S/C29H17F4N3O4S3.H3N/c1-14-2-10-22-24(25(14)43(38,39)40)42-28(36-22)16-5-11-21-23(12-16)41-27(35-21)15-3-7-18(8-4-15)34-26(37)19-13-17(30)6-9-20(19)29(31,32)33;/h2-13H,1H3,(H,34,37)(H,38,39,40);1H3. The van der Waals surface area contributed by atoms with E-state index in [2.05, 4.69) is 15.3 Å². The summed E-state index contributed by atoms with van der Waals surface area (Å²) in [6.07, 6.45) is -4.83. The number of fused-ring (bicyclic) bond motifs is 2. The first kappa shape index (κ1) is 31.2. The number of nitrogens with zero attached hydrogens (tertiary/aromatic N) is 2. The molecule has 0 atom stereocenters. The van der Waals surface area contributed by atoms with Gasteiger partial charge >= 0.3 is 6.18 Å². The van der Waals surface area contributed by atoms with E-state index in [1.807, 2.05) is 6.07 Å². The van der Waals surface area contributed by atoms with Crippen LogP contribution >= 0.6 is 22.7 Å². The van der Waals surface area contributed by atoms with Crippen molar-refractivity contribution < 1.29 is 35.3 Å². The van der Waals surface area contributed by atoms with Crippen molar-refractivity contribution in [2.24, 2.45) is 0 Å². The predicted molar refractivity (Wildman–Crippen MR) is 162 cm³/mol. The lowest BCUT2D eigenvalue weighted by Gasteiger charge is -2.13. The van der Waals surface area contributed by atoms with Gasteiger partial charge < -0.3 is 16.0 Å². The number of quaternary nitrogens is 1. The van der Waals surface area contributed by atoms with Gasteiger partial charge in [0.05, 0.1) is 36.5 Å². The number of hydrogen-bond acceptors (Lipinski definition) is 8. The first-order valence-electron chi connectivity index (χ1n) is 12.3. The monoisotopic (exact) mass is 660 g/mol. The molecule has 0 spiro atoms. The number of halogens is 4. The number of carbonyl (C=O) groups excluding carboxylic acids is 1. The number of aryl methyl sites for hydroxylation is 1. The second kappa shape index (κ2) is 11.3. The number of amides is 1. The average molecular weight is 661 g/mol. The van der Waals surface area contributed by atoms with Gasteiger partial charge in [-0.2, -0.15) is 13.2 Å². The molecule has 0 fully saturated rings. The highest BCUT2D eigenvalue weighted by Gasteiger charge is 2.35. The molecule has 4 aromatic carbocycles. The number of hydrogen-bond donors (Lipinski definition) is 2. The first-order chi connectivity index (χ1) is 20.3. The van der Waals surface area contributed by atoms with Gasteiger partial charge in [0.15, 0.2) is 0 Å². The number of benzene rings is 4. The van der Waals surface area contributed by atoms with Crippen LogP contribution in [0.5, 0.6) is 0 Å². The molecule has 0 unspecified atom stereocenters. The molecule has 44 heavy (non-hydrogen) atoms. The van der Waals surface area contributed by atoms with E-state index in [1.165, 1.54) is 23.5 Å². The van der Waals surface area contributed by atoms with Crippen molar-refractivity contribution in [1.82, 2.24) is 16.1 Å². The zero-order chi connectivity index (χ0) is 30.7. The molecule has 2 heterocycles. The van der Waals surface area contributed by atoms with Gasteiger partial charge in [0.1, 0.15) is 26.0 Å². The Bertz CT molecular complexity index is 2180. The van der Waals surface area contributed by atoms with Crippen LogP contribution in [-0.2, 0) is 16.3 Å². The molecular weight excluding hydrogens is 641 g/mol. The lowest BCUT2D eigenvalue weighted by molar-refractivity contribution is -0.137. The van der Waals surface area contributed by atoms with E-state index in [1.54, 1.807) is 43.3 Å². The van der Waals surface area contributed by atoms with Gasteiger partial charge in [-0.15, -0.1) is 22.7 Å². The molecule has 0 aliphatic carbocycles. The summed E-state index contributed by atoms with van der Waals surface area (Å²) in [6, 6.07) is 16.7. The summed E-state index contributed by atoms with van der Waals surface area (Å²) in [6.45, 7) is 1.56. The molecule has 1 amide bonds. The molecule has 0 aliphatic rings. The van der Waals surface area contributed by atoms with Crippen LogP contribution in [0.15, 0.2) is 77.7 Å². The van der Waals surface area contributed by atoms with Crippen LogP contribution in [0.25, 0.3) is 41.6 Å². The minimum Gasteiger partial charge on any atom is -0.744 e. The Labute approximate surface area is 255 Å². The molecule has 6 rings (SSSR count). The Balaban J connectivity index is 0.00000384. The highest BCUT2D eigenvalue weighted by Crippen LogP contribution is 2.39. The van der Waals surface area contributed by atoms with Gasteiger partial charge in [0.2, 0.25) is 0 Å². The highest BCUT2D eigenvalue weighted by molar-refractivity contribution is 7.86. The maximum atomic E-state index is 13.6. The Hall–Kier alpha value is -4.28. The smallest absolute Gasteiger partial charge is 0.417 e. The molecular formula is C29H20F4N4O4S3. The van der Waals surface area contributed by atoms with Crippen molar-refractivity contribution in [2.45, 2.75) is 18.0 Å². The normalized spacial score (nSPS) is 12.0. The molecule has 2 aromatic heterocycles. The third kappa shape index (κ3) is 5.92. The lowest BCUT2D eigenvalue weighted by atomic mass is 10.1. The number of thiazole rings is 2. The zero-order valence-electron chi connectivity index (χ0n) is 22.7. The summed E-state index contributed by atoms with van der Waals surface area (Å²) in [4.78, 5) is 21.4. The van der Waals surface area contributed by atoms with Crippen molar-refractivity contribution in [3.05, 3.63) is 95.3 Å². The molecule has 0 bridgehead atoms. The van der Waals surface area contributed by atoms with E-state index < -0.39 is 39.1 Å². The highest BCUT2D eigenvalue weighted by atomic mass is 32.2. The van der Waals surface area contributed by atoms with E-state index >= 15 is 0 Å². The average Bonchev–Trinajstić information content (AvgIpc) is 3.56. The van der Waals surface area contributed by atoms with Gasteiger partial charge in [-0.1, -0.05) is 6.07 Å². The van der Waals surface area contributed by atoms with Crippen LogP contribution in [0.2, 0.25) is 0 Å². The number of rotatable bonds is 5. The van der Waals surface area contributed by atoms with Crippen LogP contribution in [-0.4, -0.2) is 28.8 Å². The predicted octanol–water partition coefficient (Wildman–Crippen LogP) is 8.24. The summed E-state index contributed by atoms with van der Waals surface area (Å²) in [5.74, 6) is -2.07. The molecule has 15 heteroatoms. The molecule has 8 nitrogen and oxygen atoms in total. The van der Waals surface area contributed by atoms with E-state index in [9.17, 15) is 35.3 Å². The third-order valence-corrected chi connectivity index (χ3v) is 9.88. The fourth-order valence-corrected chi connectivity index (χ4v) is 7.82. The number of anilines is 1. The van der Waals surface area contributed by atoms with E-state index in [0.717, 1.165) is 16.0 Å². The van der Waals surface area contributed by atoms with Crippen LogP contribution in [0.1, 0.15) is 21.5 Å². The Morgan fingerprint density at radius 2 is 1.50 bits per heavy atom. The SMILES string of the molecule is Cc1ccc2nc(-c3ccc4nc(-c5ccc(NC(=O)c6cc(F)ccc6C(F)(F)F)cc5)sc4c3)sc2c1S(=O)(=O)[O-].[NH4+]. The van der Waals surface area contributed by atoms with Crippen molar-refractivity contribution in [2.75, 3.05) is 5.32 Å². The van der Waals surface area contributed by atoms with Crippen LogP contribution in [0.3, 0.4) is 0 Å². The molecule has 6 aromatic rings.